The van der Waals surface area contributed by atoms with Gasteiger partial charge in [0.1, 0.15) is 23.0 Å². The minimum atomic E-state index is -0.468. The molecule has 3 aromatic rings. The Morgan fingerprint density at radius 3 is 2.52 bits per heavy atom. The minimum Gasteiger partial charge on any atom is -0.497 e. The van der Waals surface area contributed by atoms with E-state index < -0.39 is 10.8 Å². The number of amides is 1. The van der Waals surface area contributed by atoms with Crippen molar-refractivity contribution in [1.29, 1.82) is 0 Å². The first-order chi connectivity index (χ1) is 14.0. The van der Waals surface area contributed by atoms with Gasteiger partial charge in [-0.1, -0.05) is 0 Å². The topological polar surface area (TPSA) is 116 Å². The van der Waals surface area contributed by atoms with Gasteiger partial charge in [0, 0.05) is 23.8 Å². The molecule has 0 fully saturated rings. The molecule has 2 aromatic carbocycles. The average Bonchev–Trinajstić information content (AvgIpc) is 3.22. The van der Waals surface area contributed by atoms with Crippen molar-refractivity contribution in [2.75, 3.05) is 14.2 Å². The number of carbonyl (C=O) groups is 1. The van der Waals surface area contributed by atoms with E-state index in [2.05, 4.69) is 10.5 Å². The molecule has 0 aliphatic heterocycles. The van der Waals surface area contributed by atoms with E-state index in [4.69, 9.17) is 13.9 Å². The lowest BCUT2D eigenvalue weighted by molar-refractivity contribution is -0.384. The number of benzene rings is 2. The number of carbonyl (C=O) groups excluding carboxylic acids is 1. The lowest BCUT2D eigenvalue weighted by atomic mass is 10.1. The smallest absolute Gasteiger partial charge is 0.275 e. The lowest BCUT2D eigenvalue weighted by Gasteiger charge is -2.08. The first kappa shape index (κ1) is 19.6. The first-order valence-electron chi connectivity index (χ1n) is 8.42. The van der Waals surface area contributed by atoms with Crippen molar-refractivity contribution in [3.8, 4) is 22.8 Å². The van der Waals surface area contributed by atoms with Crippen LogP contribution in [-0.2, 0) is 0 Å². The number of hydrogen-bond acceptors (Lipinski definition) is 7. The van der Waals surface area contributed by atoms with Crippen LogP contribution in [0.15, 0.2) is 64.1 Å². The number of ether oxygens (including phenoxy) is 2. The first-order valence-corrected chi connectivity index (χ1v) is 8.42. The number of hydrogen-bond donors (Lipinski definition) is 1. The number of nitro benzene ring substituents is 1. The van der Waals surface area contributed by atoms with Crippen molar-refractivity contribution in [1.82, 2.24) is 5.43 Å². The van der Waals surface area contributed by atoms with Gasteiger partial charge in [-0.05, 0) is 36.4 Å². The summed E-state index contributed by atoms with van der Waals surface area (Å²) in [6.45, 7) is 0. The molecule has 1 aromatic heterocycles. The highest BCUT2D eigenvalue weighted by molar-refractivity contribution is 5.97. The third-order valence-electron chi connectivity index (χ3n) is 4.00. The van der Waals surface area contributed by atoms with Gasteiger partial charge in [-0.3, -0.25) is 14.9 Å². The van der Waals surface area contributed by atoms with Gasteiger partial charge >= 0.3 is 0 Å². The van der Waals surface area contributed by atoms with Crippen LogP contribution >= 0.6 is 0 Å². The molecule has 0 atom stereocenters. The van der Waals surface area contributed by atoms with Gasteiger partial charge in [-0.15, -0.1) is 0 Å². The van der Waals surface area contributed by atoms with E-state index in [9.17, 15) is 14.9 Å². The van der Waals surface area contributed by atoms with Crippen molar-refractivity contribution in [3.63, 3.8) is 0 Å². The second-order valence-electron chi connectivity index (χ2n) is 5.77. The van der Waals surface area contributed by atoms with Crippen LogP contribution < -0.4 is 14.9 Å². The highest BCUT2D eigenvalue weighted by atomic mass is 16.6. The van der Waals surface area contributed by atoms with Gasteiger partial charge in [-0.25, -0.2) is 5.43 Å². The van der Waals surface area contributed by atoms with Crippen LogP contribution in [0.4, 0.5) is 5.69 Å². The number of nitrogens with one attached hydrogen (secondary N) is 1. The average molecular weight is 395 g/mol. The van der Waals surface area contributed by atoms with Crippen LogP contribution in [-0.4, -0.2) is 31.3 Å². The molecule has 1 amide bonds. The molecule has 9 nitrogen and oxygen atoms in total. The Kier molecular flexibility index (Phi) is 5.88. The number of furan rings is 1. The van der Waals surface area contributed by atoms with Gasteiger partial charge < -0.3 is 13.9 Å². The summed E-state index contributed by atoms with van der Waals surface area (Å²) >= 11 is 0. The van der Waals surface area contributed by atoms with Crippen molar-refractivity contribution in [3.05, 3.63) is 76.0 Å². The van der Waals surface area contributed by atoms with E-state index in [1.54, 1.807) is 42.5 Å². The molecule has 1 heterocycles. The third kappa shape index (κ3) is 4.59. The SMILES string of the molecule is COc1ccc(C(=O)N/N=C/c2ccc(-c3ccc([N+](=O)[O-])cc3)o2)c(OC)c1. The Morgan fingerprint density at radius 1 is 1.10 bits per heavy atom. The highest BCUT2D eigenvalue weighted by Gasteiger charge is 2.13. The summed E-state index contributed by atoms with van der Waals surface area (Å²) in [7, 11) is 2.98. The molecule has 0 aliphatic carbocycles. The summed E-state index contributed by atoms with van der Waals surface area (Å²) in [5.74, 6) is 1.39. The van der Waals surface area contributed by atoms with Crippen LogP contribution in [0.2, 0.25) is 0 Å². The molecule has 148 valence electrons. The summed E-state index contributed by atoms with van der Waals surface area (Å²) in [6, 6.07) is 14.2. The van der Waals surface area contributed by atoms with Gasteiger partial charge in [0.15, 0.2) is 0 Å². The lowest BCUT2D eigenvalue weighted by Crippen LogP contribution is -2.18. The Bertz CT molecular complexity index is 1060. The zero-order valence-corrected chi connectivity index (χ0v) is 15.6. The van der Waals surface area contributed by atoms with Crippen molar-refractivity contribution in [2.45, 2.75) is 0 Å². The molecular weight excluding hydrogens is 378 g/mol. The van der Waals surface area contributed by atoms with Crippen molar-refractivity contribution < 1.29 is 23.6 Å². The zero-order valence-electron chi connectivity index (χ0n) is 15.6. The molecule has 3 rings (SSSR count). The number of non-ortho nitro benzene ring substituents is 1. The summed E-state index contributed by atoms with van der Waals surface area (Å²) in [5.41, 5.74) is 3.39. The quantitative estimate of drug-likeness (QED) is 0.371. The summed E-state index contributed by atoms with van der Waals surface area (Å²) in [5, 5.41) is 14.6. The zero-order chi connectivity index (χ0) is 20.8. The second-order valence-corrected chi connectivity index (χ2v) is 5.77. The fraction of sp³-hybridized carbons (Fsp3) is 0.100. The maximum atomic E-state index is 12.3. The van der Waals surface area contributed by atoms with Crippen LogP contribution in [0.3, 0.4) is 0 Å². The second kappa shape index (κ2) is 8.70. The number of nitrogens with zero attached hydrogens (tertiary/aromatic N) is 2. The molecule has 0 radical (unpaired) electrons. The molecule has 0 saturated carbocycles. The highest BCUT2D eigenvalue weighted by Crippen LogP contribution is 2.25. The van der Waals surface area contributed by atoms with Crippen molar-refractivity contribution >= 4 is 17.8 Å². The number of hydrazone groups is 1. The number of methoxy groups -OCH3 is 2. The van der Waals surface area contributed by atoms with Gasteiger partial charge in [0.05, 0.1) is 30.9 Å². The predicted octanol–water partition coefficient (Wildman–Crippen LogP) is 3.64. The molecule has 0 aliphatic rings. The Balaban J connectivity index is 1.67. The fourth-order valence-corrected chi connectivity index (χ4v) is 2.53. The predicted molar refractivity (Wildman–Crippen MR) is 105 cm³/mol. The molecule has 0 bridgehead atoms. The van der Waals surface area contributed by atoms with E-state index in [1.807, 2.05) is 0 Å². The fourth-order valence-electron chi connectivity index (χ4n) is 2.53. The molecule has 0 spiro atoms. The maximum absolute atomic E-state index is 12.3. The van der Waals surface area contributed by atoms with E-state index in [-0.39, 0.29) is 5.69 Å². The van der Waals surface area contributed by atoms with Crippen LogP contribution in [0.5, 0.6) is 11.5 Å². The molecule has 0 saturated heterocycles. The molecule has 29 heavy (non-hydrogen) atoms. The van der Waals surface area contributed by atoms with E-state index in [0.29, 0.717) is 34.1 Å². The minimum absolute atomic E-state index is 0.00114. The van der Waals surface area contributed by atoms with E-state index in [0.717, 1.165) is 0 Å². The maximum Gasteiger partial charge on any atom is 0.275 e. The summed E-state index contributed by atoms with van der Waals surface area (Å²) in [4.78, 5) is 22.5. The summed E-state index contributed by atoms with van der Waals surface area (Å²) < 4.78 is 15.9. The Morgan fingerprint density at radius 2 is 1.86 bits per heavy atom. The van der Waals surface area contributed by atoms with E-state index in [1.165, 1.54) is 32.6 Å². The van der Waals surface area contributed by atoms with Crippen LogP contribution in [0, 0.1) is 10.1 Å². The molecule has 1 N–H and O–H groups in total. The Hall–Kier alpha value is -4.14. The third-order valence-corrected chi connectivity index (χ3v) is 4.00. The summed E-state index contributed by atoms with van der Waals surface area (Å²) in [6.07, 6.45) is 1.35. The molecular formula is C20H17N3O6. The normalized spacial score (nSPS) is 10.7. The number of rotatable bonds is 7. The van der Waals surface area contributed by atoms with Crippen molar-refractivity contribution in [2.24, 2.45) is 5.10 Å². The standard InChI is InChI=1S/C20H17N3O6/c1-27-15-7-9-17(19(11-15)28-2)20(24)22-21-12-16-8-10-18(29-16)13-3-5-14(6-4-13)23(25)26/h3-12H,1-2H3,(H,22,24)/b21-12+. The number of nitro groups is 1. The van der Waals surface area contributed by atoms with Gasteiger partial charge in [0.25, 0.3) is 11.6 Å². The van der Waals surface area contributed by atoms with Crippen LogP contribution in [0.25, 0.3) is 11.3 Å². The van der Waals surface area contributed by atoms with Gasteiger partial charge in [0.2, 0.25) is 0 Å². The Labute approximate surface area is 165 Å². The van der Waals surface area contributed by atoms with Gasteiger partial charge in [-0.2, -0.15) is 5.10 Å². The molecule has 0 unspecified atom stereocenters. The largest absolute Gasteiger partial charge is 0.497 e. The van der Waals surface area contributed by atoms with E-state index >= 15 is 0 Å². The molecule has 9 heteroatoms. The monoisotopic (exact) mass is 395 g/mol. The van der Waals surface area contributed by atoms with Crippen LogP contribution in [0.1, 0.15) is 16.1 Å².